The number of nitrogens with zero attached hydrogens (tertiary/aromatic N) is 6. The molecule has 0 bridgehead atoms. The quantitative estimate of drug-likeness (QED) is 0.119. The summed E-state index contributed by atoms with van der Waals surface area (Å²) in [4.78, 5) is 28.7. The van der Waals surface area contributed by atoms with Crippen LogP contribution in [0.4, 0.5) is 0 Å². The van der Waals surface area contributed by atoms with E-state index in [4.69, 9.17) is 30.0 Å². The van der Waals surface area contributed by atoms with Crippen molar-refractivity contribution in [2.24, 2.45) is 10.2 Å². The van der Waals surface area contributed by atoms with Crippen LogP contribution in [-0.2, 0) is 28.5 Å². The third-order valence-corrected chi connectivity index (χ3v) is 3.49. The highest BCUT2D eigenvalue weighted by molar-refractivity contribution is 5.84. The first-order valence-electron chi connectivity index (χ1n) is 9.81. The van der Waals surface area contributed by atoms with Crippen molar-refractivity contribution >= 4 is 11.7 Å². The third kappa shape index (κ3) is 21.9. The van der Waals surface area contributed by atoms with Gasteiger partial charge in [0.15, 0.2) is 0 Å². The average molecular weight is 429 g/mol. The lowest BCUT2D eigenvalue weighted by atomic mass is 10.1. The van der Waals surface area contributed by atoms with Crippen LogP contribution < -0.4 is 5.32 Å². The number of amides is 1. The molecule has 0 radical (unpaired) electrons. The third-order valence-electron chi connectivity index (χ3n) is 3.49. The summed E-state index contributed by atoms with van der Waals surface area (Å²) in [6.45, 7) is 4.04. The SMILES string of the molecule is [N-]=[N+]=NCCOCCOCCCC(=O)CCC(=O)NCCOCCOCCN=[N+]=[N-]. The molecular formula is C17H31N7O6. The van der Waals surface area contributed by atoms with Gasteiger partial charge in [0.25, 0.3) is 0 Å². The fourth-order valence-corrected chi connectivity index (χ4v) is 2.04. The van der Waals surface area contributed by atoms with Gasteiger partial charge in [0.05, 0.1) is 46.2 Å². The Morgan fingerprint density at radius 3 is 1.80 bits per heavy atom. The Bertz CT molecular complexity index is 503. The molecule has 0 atom stereocenters. The molecule has 170 valence electrons. The molecule has 0 saturated carbocycles. The fraction of sp³-hybridized carbons (Fsp3) is 0.882. The van der Waals surface area contributed by atoms with E-state index in [0.29, 0.717) is 78.8 Å². The van der Waals surface area contributed by atoms with Crippen LogP contribution in [0.5, 0.6) is 0 Å². The minimum atomic E-state index is -0.188. The number of ketones is 1. The van der Waals surface area contributed by atoms with Crippen molar-refractivity contribution < 1.29 is 28.5 Å². The molecule has 0 unspecified atom stereocenters. The van der Waals surface area contributed by atoms with Gasteiger partial charge in [0.1, 0.15) is 5.78 Å². The van der Waals surface area contributed by atoms with Crippen molar-refractivity contribution in [3.63, 3.8) is 0 Å². The predicted octanol–water partition coefficient (Wildman–Crippen LogP) is 1.92. The van der Waals surface area contributed by atoms with Gasteiger partial charge in [-0.3, -0.25) is 9.59 Å². The van der Waals surface area contributed by atoms with Crippen LogP contribution in [-0.4, -0.2) is 84.2 Å². The summed E-state index contributed by atoms with van der Waals surface area (Å²) in [6.07, 6.45) is 1.32. The monoisotopic (exact) mass is 429 g/mol. The van der Waals surface area contributed by atoms with Gasteiger partial charge in [-0.15, -0.1) is 0 Å². The Kier molecular flexibility index (Phi) is 21.1. The highest BCUT2D eigenvalue weighted by Gasteiger charge is 2.06. The van der Waals surface area contributed by atoms with Crippen LogP contribution >= 0.6 is 0 Å². The number of carbonyl (C=O) groups excluding carboxylic acids is 2. The molecule has 0 aliphatic rings. The summed E-state index contributed by atoms with van der Waals surface area (Å²) >= 11 is 0. The van der Waals surface area contributed by atoms with E-state index in [1.54, 1.807) is 0 Å². The largest absolute Gasteiger partial charge is 0.379 e. The lowest BCUT2D eigenvalue weighted by Crippen LogP contribution is -2.28. The minimum absolute atomic E-state index is 0.0218. The summed E-state index contributed by atoms with van der Waals surface area (Å²) in [5, 5.41) is 9.36. The Labute approximate surface area is 175 Å². The van der Waals surface area contributed by atoms with Crippen molar-refractivity contribution in [1.82, 2.24) is 5.32 Å². The fourth-order valence-electron chi connectivity index (χ4n) is 2.04. The topological polar surface area (TPSA) is 181 Å². The molecule has 0 fully saturated rings. The molecule has 0 aromatic rings. The van der Waals surface area contributed by atoms with Gasteiger partial charge < -0.3 is 24.3 Å². The summed E-state index contributed by atoms with van der Waals surface area (Å²) in [6, 6.07) is 0. The van der Waals surface area contributed by atoms with E-state index in [9.17, 15) is 9.59 Å². The second-order valence-electron chi connectivity index (χ2n) is 5.85. The van der Waals surface area contributed by atoms with Crippen LogP contribution in [0, 0.1) is 0 Å². The Morgan fingerprint density at radius 2 is 1.23 bits per heavy atom. The number of Topliss-reactive ketones (excluding diaryl/α,β-unsaturated/α-hetero) is 1. The van der Waals surface area contributed by atoms with E-state index in [2.05, 4.69) is 25.4 Å². The average Bonchev–Trinajstić information content (AvgIpc) is 2.75. The van der Waals surface area contributed by atoms with Crippen molar-refractivity contribution in [2.45, 2.75) is 25.7 Å². The van der Waals surface area contributed by atoms with Gasteiger partial charge in [-0.2, -0.15) is 0 Å². The molecular weight excluding hydrogens is 398 g/mol. The highest BCUT2D eigenvalue weighted by Crippen LogP contribution is 1.99. The van der Waals surface area contributed by atoms with E-state index in [-0.39, 0.29) is 31.1 Å². The summed E-state index contributed by atoms with van der Waals surface area (Å²) < 4.78 is 21.0. The number of hydrogen-bond acceptors (Lipinski definition) is 8. The Morgan fingerprint density at radius 1 is 0.700 bits per heavy atom. The van der Waals surface area contributed by atoms with Crippen LogP contribution in [0.15, 0.2) is 10.2 Å². The standard InChI is InChI=1S/C17H31N7O6/c18-23-21-6-10-29-13-12-27-8-1-2-16(25)3-4-17(26)20-5-9-28-14-15-30-11-7-22-24-19/h1-15H2,(H,20,26). The van der Waals surface area contributed by atoms with Crippen molar-refractivity contribution in [3.8, 4) is 0 Å². The number of nitrogens with one attached hydrogen (secondary N) is 1. The van der Waals surface area contributed by atoms with E-state index >= 15 is 0 Å². The molecule has 0 aliphatic heterocycles. The first kappa shape index (κ1) is 27.6. The molecule has 0 spiro atoms. The van der Waals surface area contributed by atoms with Gasteiger partial charge in [0, 0.05) is 55.3 Å². The molecule has 1 amide bonds. The van der Waals surface area contributed by atoms with E-state index in [1.165, 1.54) is 0 Å². The van der Waals surface area contributed by atoms with Crippen molar-refractivity contribution in [1.29, 1.82) is 0 Å². The summed E-state index contributed by atoms with van der Waals surface area (Å²) in [5.41, 5.74) is 16.2. The molecule has 0 heterocycles. The number of hydrogen-bond donors (Lipinski definition) is 1. The van der Waals surface area contributed by atoms with Gasteiger partial charge in [0.2, 0.25) is 5.91 Å². The van der Waals surface area contributed by atoms with E-state index in [0.717, 1.165) is 0 Å². The zero-order valence-electron chi connectivity index (χ0n) is 17.2. The second kappa shape index (κ2) is 22.9. The smallest absolute Gasteiger partial charge is 0.220 e. The Balaban J connectivity index is 3.36. The minimum Gasteiger partial charge on any atom is -0.379 e. The molecule has 0 rings (SSSR count). The second-order valence-corrected chi connectivity index (χ2v) is 5.85. The number of rotatable bonds is 22. The maximum absolute atomic E-state index is 11.8. The van der Waals surface area contributed by atoms with Crippen LogP contribution in [0.2, 0.25) is 0 Å². The highest BCUT2D eigenvalue weighted by atomic mass is 16.5. The normalized spacial score (nSPS) is 10.1. The van der Waals surface area contributed by atoms with Crippen LogP contribution in [0.1, 0.15) is 25.7 Å². The van der Waals surface area contributed by atoms with Gasteiger partial charge >= 0.3 is 0 Å². The summed E-state index contributed by atoms with van der Waals surface area (Å²) in [5.74, 6) is -0.166. The molecule has 1 N–H and O–H groups in total. The molecule has 13 heteroatoms. The molecule has 13 nitrogen and oxygen atoms in total. The zero-order chi connectivity index (χ0) is 22.1. The molecule has 0 aliphatic carbocycles. The number of azide groups is 2. The summed E-state index contributed by atoms with van der Waals surface area (Å²) in [7, 11) is 0. The van der Waals surface area contributed by atoms with Crippen LogP contribution in [0.25, 0.3) is 20.9 Å². The van der Waals surface area contributed by atoms with Crippen molar-refractivity contribution in [2.75, 3.05) is 72.5 Å². The zero-order valence-corrected chi connectivity index (χ0v) is 17.2. The van der Waals surface area contributed by atoms with Gasteiger partial charge in [-0.05, 0) is 17.5 Å². The van der Waals surface area contributed by atoms with E-state index in [1.807, 2.05) is 0 Å². The van der Waals surface area contributed by atoms with Gasteiger partial charge in [-0.1, -0.05) is 10.2 Å². The predicted molar refractivity (Wildman–Crippen MR) is 108 cm³/mol. The van der Waals surface area contributed by atoms with E-state index < -0.39 is 0 Å². The molecule has 0 aromatic heterocycles. The lowest BCUT2D eigenvalue weighted by Gasteiger charge is -2.07. The number of ether oxygens (including phenoxy) is 4. The molecule has 0 saturated heterocycles. The lowest BCUT2D eigenvalue weighted by molar-refractivity contribution is -0.125. The van der Waals surface area contributed by atoms with Crippen molar-refractivity contribution in [3.05, 3.63) is 20.9 Å². The first-order chi connectivity index (χ1) is 14.7. The Hall–Kier alpha value is -2.40. The maximum atomic E-state index is 11.8. The van der Waals surface area contributed by atoms with Gasteiger partial charge in [-0.25, -0.2) is 0 Å². The van der Waals surface area contributed by atoms with Crippen LogP contribution in [0.3, 0.4) is 0 Å². The molecule has 30 heavy (non-hydrogen) atoms. The molecule has 0 aromatic carbocycles. The number of carbonyl (C=O) groups is 2. The first-order valence-corrected chi connectivity index (χ1v) is 9.81. The maximum Gasteiger partial charge on any atom is 0.220 e.